The number of nitrogens with zero attached hydrogens (tertiary/aromatic N) is 2. The molecule has 2 N–H and O–H groups in total. The van der Waals surface area contributed by atoms with Crippen LogP contribution in [0.2, 0.25) is 0 Å². The number of nitrogens with one attached hydrogen (secondary N) is 2. The van der Waals surface area contributed by atoms with Crippen molar-refractivity contribution < 1.29 is 0 Å². The van der Waals surface area contributed by atoms with Gasteiger partial charge in [-0.05, 0) is 18.9 Å². The van der Waals surface area contributed by atoms with Gasteiger partial charge in [0.25, 0.3) is 0 Å². The lowest BCUT2D eigenvalue weighted by molar-refractivity contribution is 0.355. The van der Waals surface area contributed by atoms with E-state index in [0.717, 1.165) is 12.4 Å². The zero-order valence-corrected chi connectivity index (χ0v) is 9.25. The van der Waals surface area contributed by atoms with Crippen molar-refractivity contribution in [1.82, 2.24) is 20.5 Å². The van der Waals surface area contributed by atoms with E-state index in [9.17, 15) is 0 Å². The van der Waals surface area contributed by atoms with E-state index in [4.69, 9.17) is 0 Å². The molecule has 0 amide bonds. The van der Waals surface area contributed by atoms with E-state index < -0.39 is 0 Å². The van der Waals surface area contributed by atoms with Gasteiger partial charge < -0.3 is 5.32 Å². The van der Waals surface area contributed by atoms with E-state index in [1.165, 1.54) is 12.8 Å². The van der Waals surface area contributed by atoms with Gasteiger partial charge in [-0.15, -0.1) is 0 Å². The smallest absolute Gasteiger partial charge is 0.141 e. The van der Waals surface area contributed by atoms with Crippen LogP contribution in [-0.4, -0.2) is 21.7 Å². The fourth-order valence-electron chi connectivity index (χ4n) is 1.77. The van der Waals surface area contributed by atoms with Crippen LogP contribution in [0.1, 0.15) is 45.5 Å². The molecule has 1 heterocycles. The predicted molar refractivity (Wildman–Crippen MR) is 56.9 cm³/mol. The Morgan fingerprint density at radius 1 is 1.50 bits per heavy atom. The number of aromatic amines is 1. The predicted octanol–water partition coefficient (Wildman–Crippen LogP) is 1.89. The molecule has 0 spiro atoms. The Morgan fingerprint density at radius 2 is 2.29 bits per heavy atom. The summed E-state index contributed by atoms with van der Waals surface area (Å²) in [5.74, 6) is 1.54. The Hall–Kier alpha value is -0.900. The summed E-state index contributed by atoms with van der Waals surface area (Å²) in [6.07, 6.45) is 3.98. The van der Waals surface area contributed by atoms with Crippen molar-refractivity contribution >= 4 is 0 Å². The van der Waals surface area contributed by atoms with E-state index in [1.54, 1.807) is 6.33 Å². The third-order valence-electron chi connectivity index (χ3n) is 2.47. The van der Waals surface area contributed by atoms with Crippen molar-refractivity contribution in [3.8, 4) is 0 Å². The molecule has 4 nitrogen and oxygen atoms in total. The molecule has 14 heavy (non-hydrogen) atoms. The summed E-state index contributed by atoms with van der Waals surface area (Å²) in [7, 11) is 0. The third-order valence-corrected chi connectivity index (χ3v) is 2.47. The summed E-state index contributed by atoms with van der Waals surface area (Å²) >= 11 is 0. The SMILES string of the molecule is CCCC(C)C(NCC)c1ncn[nH]1. The Balaban J connectivity index is 2.63. The molecule has 1 aromatic rings. The molecular formula is C10H20N4. The van der Waals surface area contributed by atoms with Gasteiger partial charge in [-0.25, -0.2) is 4.98 Å². The van der Waals surface area contributed by atoms with Crippen molar-refractivity contribution in [3.63, 3.8) is 0 Å². The normalized spacial score (nSPS) is 15.4. The van der Waals surface area contributed by atoms with Crippen LogP contribution < -0.4 is 5.32 Å². The molecule has 0 aliphatic heterocycles. The first-order valence-electron chi connectivity index (χ1n) is 5.38. The third kappa shape index (κ3) is 2.80. The summed E-state index contributed by atoms with van der Waals surface area (Å²) in [6.45, 7) is 7.53. The minimum atomic E-state index is 0.308. The van der Waals surface area contributed by atoms with Crippen LogP contribution in [-0.2, 0) is 0 Å². The quantitative estimate of drug-likeness (QED) is 0.730. The van der Waals surface area contributed by atoms with Crippen LogP contribution >= 0.6 is 0 Å². The number of hydrogen-bond donors (Lipinski definition) is 2. The van der Waals surface area contributed by atoms with Gasteiger partial charge in [-0.2, -0.15) is 5.10 Å². The van der Waals surface area contributed by atoms with Crippen molar-refractivity contribution in [2.24, 2.45) is 5.92 Å². The van der Waals surface area contributed by atoms with Crippen LogP contribution in [0.3, 0.4) is 0 Å². The number of rotatable bonds is 6. The molecule has 0 aliphatic rings. The van der Waals surface area contributed by atoms with E-state index in [2.05, 4.69) is 41.3 Å². The molecule has 4 heteroatoms. The van der Waals surface area contributed by atoms with Gasteiger partial charge in [-0.1, -0.05) is 27.2 Å². The van der Waals surface area contributed by atoms with Crippen LogP contribution in [0.5, 0.6) is 0 Å². The molecule has 1 rings (SSSR count). The molecule has 0 saturated heterocycles. The molecule has 0 aromatic carbocycles. The molecule has 0 bridgehead atoms. The highest BCUT2D eigenvalue weighted by atomic mass is 15.2. The standard InChI is InChI=1S/C10H20N4/c1-4-6-8(3)9(11-5-2)10-12-7-13-14-10/h7-9,11H,4-6H2,1-3H3,(H,12,13,14). The largest absolute Gasteiger partial charge is 0.307 e. The summed E-state index contributed by atoms with van der Waals surface area (Å²) in [6, 6.07) is 0.308. The van der Waals surface area contributed by atoms with Gasteiger partial charge in [0.1, 0.15) is 12.2 Å². The van der Waals surface area contributed by atoms with Crippen LogP contribution in [0.25, 0.3) is 0 Å². The molecule has 0 fully saturated rings. The van der Waals surface area contributed by atoms with Crippen molar-refractivity contribution in [3.05, 3.63) is 12.2 Å². The summed E-state index contributed by atoms with van der Waals surface area (Å²) in [5.41, 5.74) is 0. The second-order valence-electron chi connectivity index (χ2n) is 3.67. The van der Waals surface area contributed by atoms with E-state index in [1.807, 2.05) is 0 Å². The Morgan fingerprint density at radius 3 is 2.79 bits per heavy atom. The second kappa shape index (κ2) is 5.75. The van der Waals surface area contributed by atoms with Gasteiger partial charge in [0, 0.05) is 0 Å². The monoisotopic (exact) mass is 196 g/mol. The highest BCUT2D eigenvalue weighted by molar-refractivity contribution is 4.93. The summed E-state index contributed by atoms with van der Waals surface area (Å²) < 4.78 is 0. The maximum atomic E-state index is 4.21. The maximum Gasteiger partial charge on any atom is 0.141 e. The first kappa shape index (κ1) is 11.2. The number of aromatic nitrogens is 3. The van der Waals surface area contributed by atoms with Crippen molar-refractivity contribution in [2.75, 3.05) is 6.54 Å². The Labute approximate surface area is 85.5 Å². The van der Waals surface area contributed by atoms with Crippen molar-refractivity contribution in [1.29, 1.82) is 0 Å². The Bertz CT molecular complexity index is 232. The lowest BCUT2D eigenvalue weighted by Crippen LogP contribution is -2.27. The molecule has 0 saturated carbocycles. The van der Waals surface area contributed by atoms with Gasteiger partial charge in [0.05, 0.1) is 6.04 Å². The average molecular weight is 196 g/mol. The van der Waals surface area contributed by atoms with Crippen molar-refractivity contribution in [2.45, 2.75) is 39.7 Å². The van der Waals surface area contributed by atoms with E-state index in [0.29, 0.717) is 12.0 Å². The fourth-order valence-corrected chi connectivity index (χ4v) is 1.77. The van der Waals surface area contributed by atoms with Gasteiger partial charge >= 0.3 is 0 Å². The van der Waals surface area contributed by atoms with Gasteiger partial charge in [0.15, 0.2) is 0 Å². The maximum absolute atomic E-state index is 4.21. The van der Waals surface area contributed by atoms with Crippen LogP contribution in [0.15, 0.2) is 6.33 Å². The molecule has 2 atom stereocenters. The zero-order chi connectivity index (χ0) is 10.4. The molecule has 2 unspecified atom stereocenters. The first-order valence-corrected chi connectivity index (χ1v) is 5.38. The number of H-pyrrole nitrogens is 1. The molecular weight excluding hydrogens is 176 g/mol. The highest BCUT2D eigenvalue weighted by Gasteiger charge is 2.19. The van der Waals surface area contributed by atoms with Crippen LogP contribution in [0.4, 0.5) is 0 Å². The Kier molecular flexibility index (Phi) is 4.59. The average Bonchev–Trinajstić information content (AvgIpc) is 2.67. The topological polar surface area (TPSA) is 53.6 Å². The molecule has 0 radical (unpaired) electrons. The molecule has 80 valence electrons. The second-order valence-corrected chi connectivity index (χ2v) is 3.67. The van der Waals surface area contributed by atoms with Crippen LogP contribution in [0, 0.1) is 5.92 Å². The summed E-state index contributed by atoms with van der Waals surface area (Å²) in [5, 5.41) is 10.3. The minimum Gasteiger partial charge on any atom is -0.307 e. The molecule has 0 aliphatic carbocycles. The lowest BCUT2D eigenvalue weighted by Gasteiger charge is -2.22. The zero-order valence-electron chi connectivity index (χ0n) is 9.25. The molecule has 1 aromatic heterocycles. The van der Waals surface area contributed by atoms with E-state index in [-0.39, 0.29) is 0 Å². The van der Waals surface area contributed by atoms with Gasteiger partial charge in [0.2, 0.25) is 0 Å². The number of hydrogen-bond acceptors (Lipinski definition) is 3. The van der Waals surface area contributed by atoms with Gasteiger partial charge in [-0.3, -0.25) is 5.10 Å². The first-order chi connectivity index (χ1) is 6.79. The summed E-state index contributed by atoms with van der Waals surface area (Å²) in [4.78, 5) is 4.21. The fraction of sp³-hybridized carbons (Fsp3) is 0.800. The lowest BCUT2D eigenvalue weighted by atomic mass is 9.96. The highest BCUT2D eigenvalue weighted by Crippen LogP contribution is 2.22. The van der Waals surface area contributed by atoms with E-state index >= 15 is 0 Å². The minimum absolute atomic E-state index is 0.308.